The molecule has 0 saturated heterocycles. The number of carbonyl (C=O) groups excluding carboxylic acids is 1. The largest absolute Gasteiger partial charge is 0.444 e. The summed E-state index contributed by atoms with van der Waals surface area (Å²) >= 11 is 5.69. The van der Waals surface area contributed by atoms with Gasteiger partial charge >= 0.3 is 6.09 Å². The lowest BCUT2D eigenvalue weighted by Crippen LogP contribution is -2.14. The van der Waals surface area contributed by atoms with Crippen LogP contribution in [0.1, 0.15) is 11.3 Å². The van der Waals surface area contributed by atoms with Gasteiger partial charge in [-0.05, 0) is 24.1 Å². The molecule has 6 heteroatoms. The maximum atomic E-state index is 11.6. The van der Waals surface area contributed by atoms with Crippen LogP contribution in [-0.2, 0) is 11.3 Å². The Morgan fingerprint density at radius 3 is 2.74 bits per heavy atom. The Labute approximate surface area is 115 Å². The number of amides is 1. The summed E-state index contributed by atoms with van der Waals surface area (Å²) in [4.78, 5) is 19.3. The van der Waals surface area contributed by atoms with Crippen molar-refractivity contribution in [3.63, 3.8) is 0 Å². The number of anilines is 1. The van der Waals surface area contributed by atoms with Crippen molar-refractivity contribution in [2.75, 3.05) is 5.32 Å². The lowest BCUT2D eigenvalue weighted by atomic mass is 10.2. The summed E-state index contributed by atoms with van der Waals surface area (Å²) in [5, 5.41) is 2.58. The first-order chi connectivity index (χ1) is 9.13. The molecule has 1 amide bonds. The van der Waals surface area contributed by atoms with Crippen molar-refractivity contribution < 1.29 is 9.53 Å². The van der Waals surface area contributed by atoms with E-state index in [0.29, 0.717) is 11.5 Å². The van der Waals surface area contributed by atoms with Crippen LogP contribution in [0.3, 0.4) is 0 Å². The highest BCUT2D eigenvalue weighted by Gasteiger charge is 2.06. The fraction of sp³-hybridized carbons (Fsp3) is 0.154. The van der Waals surface area contributed by atoms with Crippen molar-refractivity contribution in [1.82, 2.24) is 9.97 Å². The average molecular weight is 278 g/mol. The molecule has 0 bridgehead atoms. The van der Waals surface area contributed by atoms with E-state index in [1.54, 1.807) is 13.0 Å². The Morgan fingerprint density at radius 2 is 2.05 bits per heavy atom. The van der Waals surface area contributed by atoms with E-state index in [0.717, 1.165) is 5.56 Å². The number of benzene rings is 1. The maximum absolute atomic E-state index is 11.6. The molecular weight excluding hydrogens is 266 g/mol. The smallest absolute Gasteiger partial charge is 0.413 e. The standard InChI is InChI=1S/C13H12ClN3O2/c1-9-7-11(16-12(14)15-9)17-13(18)19-8-10-5-3-2-4-6-10/h2-7H,8H2,1H3,(H,15,16,17,18). The molecule has 1 aromatic heterocycles. The number of nitrogens with one attached hydrogen (secondary N) is 1. The minimum Gasteiger partial charge on any atom is -0.444 e. The maximum Gasteiger partial charge on any atom is 0.413 e. The molecule has 5 nitrogen and oxygen atoms in total. The third-order valence-electron chi connectivity index (χ3n) is 2.27. The van der Waals surface area contributed by atoms with Crippen molar-refractivity contribution in [2.45, 2.75) is 13.5 Å². The monoisotopic (exact) mass is 277 g/mol. The van der Waals surface area contributed by atoms with E-state index in [-0.39, 0.29) is 11.9 Å². The molecule has 1 N–H and O–H groups in total. The number of aromatic nitrogens is 2. The van der Waals surface area contributed by atoms with Crippen LogP contribution in [0, 0.1) is 6.92 Å². The predicted molar refractivity (Wildman–Crippen MR) is 72.0 cm³/mol. The average Bonchev–Trinajstić information content (AvgIpc) is 2.36. The Hall–Kier alpha value is -2.14. The summed E-state index contributed by atoms with van der Waals surface area (Å²) < 4.78 is 5.06. The first-order valence-corrected chi connectivity index (χ1v) is 6.00. The second-order valence-corrected chi connectivity index (χ2v) is 4.19. The molecule has 2 aromatic rings. The van der Waals surface area contributed by atoms with E-state index in [4.69, 9.17) is 16.3 Å². The normalized spacial score (nSPS) is 10.0. The second-order valence-electron chi connectivity index (χ2n) is 3.85. The summed E-state index contributed by atoms with van der Waals surface area (Å²) in [6.07, 6.45) is -0.585. The van der Waals surface area contributed by atoms with Gasteiger partial charge in [0.1, 0.15) is 12.4 Å². The molecule has 98 valence electrons. The van der Waals surface area contributed by atoms with Crippen molar-refractivity contribution in [2.24, 2.45) is 0 Å². The zero-order chi connectivity index (χ0) is 13.7. The molecule has 0 unspecified atom stereocenters. The lowest BCUT2D eigenvalue weighted by molar-refractivity contribution is 0.155. The number of nitrogens with zero attached hydrogens (tertiary/aromatic N) is 2. The summed E-state index contributed by atoms with van der Waals surface area (Å²) in [5.74, 6) is 0.315. The molecule has 0 saturated carbocycles. The van der Waals surface area contributed by atoms with Crippen LogP contribution >= 0.6 is 11.6 Å². The molecule has 1 aromatic carbocycles. The van der Waals surface area contributed by atoms with Gasteiger partial charge in [-0.25, -0.2) is 14.8 Å². The van der Waals surface area contributed by atoms with E-state index in [2.05, 4.69) is 15.3 Å². The van der Waals surface area contributed by atoms with Crippen LogP contribution < -0.4 is 5.32 Å². The quantitative estimate of drug-likeness (QED) is 0.875. The van der Waals surface area contributed by atoms with Crippen molar-refractivity contribution in [1.29, 1.82) is 0 Å². The second kappa shape index (κ2) is 6.15. The molecular formula is C13H12ClN3O2. The molecule has 19 heavy (non-hydrogen) atoms. The first-order valence-electron chi connectivity index (χ1n) is 5.62. The fourth-order valence-corrected chi connectivity index (χ4v) is 1.68. The number of ether oxygens (including phenoxy) is 1. The molecule has 2 rings (SSSR count). The van der Waals surface area contributed by atoms with Gasteiger partial charge in [-0.15, -0.1) is 0 Å². The molecule has 0 aliphatic heterocycles. The summed E-state index contributed by atoms with van der Waals surface area (Å²) in [5.41, 5.74) is 1.58. The first kappa shape index (κ1) is 13.3. The van der Waals surface area contributed by atoms with Crippen LogP contribution in [0.25, 0.3) is 0 Å². The zero-order valence-corrected chi connectivity index (χ0v) is 11.0. The van der Waals surface area contributed by atoms with Gasteiger partial charge < -0.3 is 4.74 Å². The van der Waals surface area contributed by atoms with Gasteiger partial charge in [0.25, 0.3) is 0 Å². The number of hydrogen-bond donors (Lipinski definition) is 1. The Morgan fingerprint density at radius 1 is 1.32 bits per heavy atom. The minimum atomic E-state index is -0.585. The number of halogens is 1. The molecule has 0 aliphatic carbocycles. The van der Waals surface area contributed by atoms with E-state index < -0.39 is 6.09 Å². The van der Waals surface area contributed by atoms with Gasteiger partial charge in [-0.3, -0.25) is 5.32 Å². The number of carbonyl (C=O) groups is 1. The van der Waals surface area contributed by atoms with Crippen molar-refractivity contribution >= 4 is 23.5 Å². The summed E-state index contributed by atoms with van der Waals surface area (Å²) in [7, 11) is 0. The van der Waals surface area contributed by atoms with Crippen LogP contribution in [-0.4, -0.2) is 16.1 Å². The fourth-order valence-electron chi connectivity index (χ4n) is 1.46. The van der Waals surface area contributed by atoms with E-state index in [9.17, 15) is 4.79 Å². The third-order valence-corrected chi connectivity index (χ3v) is 2.44. The van der Waals surface area contributed by atoms with Gasteiger partial charge in [0.2, 0.25) is 5.28 Å². The van der Waals surface area contributed by atoms with E-state index in [1.807, 2.05) is 30.3 Å². The molecule has 0 aliphatic rings. The van der Waals surface area contributed by atoms with Crippen LogP contribution in [0.5, 0.6) is 0 Å². The van der Waals surface area contributed by atoms with Crippen molar-refractivity contribution in [3.05, 3.63) is 52.9 Å². The Balaban J connectivity index is 1.91. The highest BCUT2D eigenvalue weighted by molar-refractivity contribution is 6.28. The van der Waals surface area contributed by atoms with Gasteiger partial charge in [0.05, 0.1) is 0 Å². The Kier molecular flexibility index (Phi) is 4.30. The van der Waals surface area contributed by atoms with Crippen LogP contribution in [0.2, 0.25) is 5.28 Å². The minimum absolute atomic E-state index is 0.0818. The van der Waals surface area contributed by atoms with E-state index >= 15 is 0 Å². The molecule has 1 heterocycles. The summed E-state index contributed by atoms with van der Waals surface area (Å²) in [6, 6.07) is 11.0. The molecule has 0 radical (unpaired) electrons. The topological polar surface area (TPSA) is 64.1 Å². The number of hydrogen-bond acceptors (Lipinski definition) is 4. The Bertz CT molecular complexity index is 555. The number of aryl methyl sites for hydroxylation is 1. The third kappa shape index (κ3) is 4.22. The lowest BCUT2D eigenvalue weighted by Gasteiger charge is -2.07. The predicted octanol–water partition coefficient (Wildman–Crippen LogP) is 3.19. The van der Waals surface area contributed by atoms with Crippen LogP contribution in [0.15, 0.2) is 36.4 Å². The highest BCUT2D eigenvalue weighted by Crippen LogP contribution is 2.10. The van der Waals surface area contributed by atoms with E-state index in [1.165, 1.54) is 0 Å². The molecule has 0 atom stereocenters. The van der Waals surface area contributed by atoms with Gasteiger partial charge in [-0.1, -0.05) is 30.3 Å². The number of rotatable bonds is 3. The summed E-state index contributed by atoms with van der Waals surface area (Å²) in [6.45, 7) is 1.96. The zero-order valence-electron chi connectivity index (χ0n) is 10.3. The van der Waals surface area contributed by atoms with Crippen LogP contribution in [0.4, 0.5) is 10.6 Å². The SMILES string of the molecule is Cc1cc(NC(=O)OCc2ccccc2)nc(Cl)n1. The van der Waals surface area contributed by atoms with Gasteiger partial charge in [0.15, 0.2) is 0 Å². The molecule has 0 fully saturated rings. The van der Waals surface area contributed by atoms with Gasteiger partial charge in [-0.2, -0.15) is 0 Å². The van der Waals surface area contributed by atoms with Crippen molar-refractivity contribution in [3.8, 4) is 0 Å². The molecule has 0 spiro atoms. The van der Waals surface area contributed by atoms with Gasteiger partial charge in [0, 0.05) is 11.8 Å². The highest BCUT2D eigenvalue weighted by atomic mass is 35.5.